The first-order chi connectivity index (χ1) is 20.3. The molecule has 1 fully saturated rings. The Balaban J connectivity index is 1.32. The number of β-lactam (4-membered cyclic amide) rings is 1. The lowest BCUT2D eigenvalue weighted by Crippen LogP contribution is -2.73. The minimum Gasteiger partial charge on any atom is -0.497 e. The van der Waals surface area contributed by atoms with Gasteiger partial charge in [0.1, 0.15) is 23.8 Å². The van der Waals surface area contributed by atoms with Gasteiger partial charge in [0.05, 0.1) is 23.7 Å². The van der Waals surface area contributed by atoms with Crippen LogP contribution in [0.5, 0.6) is 5.75 Å². The normalized spacial score (nSPS) is 16.9. The molecule has 1 aliphatic heterocycles. The molecule has 0 spiro atoms. The second kappa shape index (κ2) is 13.5. The maximum atomic E-state index is 13.5. The van der Waals surface area contributed by atoms with Crippen molar-refractivity contribution in [2.75, 3.05) is 7.11 Å². The number of carbonyl (C=O) groups is 3. The predicted octanol–water partition coefficient (Wildman–Crippen LogP) is 5.63. The highest BCUT2D eigenvalue weighted by molar-refractivity contribution is 8.77. The molecule has 8 nitrogen and oxygen atoms in total. The number of nitrogens with zero attached hydrogens (tertiary/aromatic N) is 2. The lowest BCUT2D eigenvalue weighted by atomic mass is 9.99. The van der Waals surface area contributed by atoms with Crippen LogP contribution < -0.4 is 10.1 Å². The van der Waals surface area contributed by atoms with E-state index in [1.54, 1.807) is 37.5 Å². The number of amides is 2. The predicted molar refractivity (Wildman–Crippen MR) is 167 cm³/mol. The second-order valence-electron chi connectivity index (χ2n) is 9.68. The maximum absolute atomic E-state index is 13.5. The molecule has 1 saturated heterocycles. The molecule has 216 valence electrons. The van der Waals surface area contributed by atoms with Crippen molar-refractivity contribution in [2.45, 2.75) is 41.7 Å². The van der Waals surface area contributed by atoms with Crippen molar-refractivity contribution in [3.05, 3.63) is 102 Å². The molecule has 3 atom stereocenters. The molecule has 3 unspecified atom stereocenters. The van der Waals surface area contributed by atoms with Gasteiger partial charge in [-0.1, -0.05) is 72.0 Å². The molecule has 42 heavy (non-hydrogen) atoms. The molecular weight excluding hydrogens is 591 g/mol. The number of aromatic nitrogens is 1. The molecule has 4 aromatic rings. The zero-order valence-corrected chi connectivity index (χ0v) is 25.5. The van der Waals surface area contributed by atoms with Crippen molar-refractivity contribution in [3.63, 3.8) is 0 Å². The first kappa shape index (κ1) is 29.7. The number of hydrogen-bond acceptors (Lipinski definition) is 9. The minimum atomic E-state index is -1.01. The summed E-state index contributed by atoms with van der Waals surface area (Å²) in [6.45, 7) is 5.71. The zero-order valence-electron chi connectivity index (χ0n) is 23.0. The van der Waals surface area contributed by atoms with E-state index in [9.17, 15) is 14.4 Å². The summed E-state index contributed by atoms with van der Waals surface area (Å²) in [4.78, 5) is 45.9. The van der Waals surface area contributed by atoms with Gasteiger partial charge in [-0.05, 0) is 58.7 Å². The number of likely N-dealkylation sites (tertiary alicyclic amines) is 1. The van der Waals surface area contributed by atoms with Crippen LogP contribution in [-0.4, -0.2) is 52.2 Å². The van der Waals surface area contributed by atoms with Gasteiger partial charge in [-0.2, -0.15) is 0 Å². The summed E-state index contributed by atoms with van der Waals surface area (Å²) in [5.41, 5.74) is 2.98. The number of ether oxygens (including phenoxy) is 2. The van der Waals surface area contributed by atoms with E-state index in [2.05, 4.69) is 16.9 Å². The fourth-order valence-corrected chi connectivity index (χ4v) is 8.44. The Labute approximate surface area is 255 Å². The Bertz CT molecular complexity index is 1560. The van der Waals surface area contributed by atoms with Gasteiger partial charge in [0.25, 0.3) is 0 Å². The monoisotopic (exact) mass is 619 g/mol. The molecule has 5 rings (SSSR count). The largest absolute Gasteiger partial charge is 0.497 e. The van der Waals surface area contributed by atoms with E-state index in [4.69, 9.17) is 9.47 Å². The Hall–Kier alpha value is -3.80. The van der Waals surface area contributed by atoms with Gasteiger partial charge < -0.3 is 19.7 Å². The van der Waals surface area contributed by atoms with Gasteiger partial charge in [0, 0.05) is 0 Å². The highest BCUT2D eigenvalue weighted by Gasteiger charge is 2.54. The summed E-state index contributed by atoms with van der Waals surface area (Å²) in [7, 11) is 4.36. The number of thiazole rings is 1. The van der Waals surface area contributed by atoms with Crippen LogP contribution in [0.25, 0.3) is 10.2 Å². The smallest absolute Gasteiger partial charge is 0.333 e. The molecule has 2 amide bonds. The van der Waals surface area contributed by atoms with E-state index in [-0.39, 0.29) is 24.8 Å². The summed E-state index contributed by atoms with van der Waals surface area (Å²) in [6.07, 6.45) is 0.140. The summed E-state index contributed by atoms with van der Waals surface area (Å²) >= 11 is 1.54. The molecule has 11 heteroatoms. The van der Waals surface area contributed by atoms with Crippen molar-refractivity contribution < 1.29 is 23.9 Å². The van der Waals surface area contributed by atoms with Gasteiger partial charge in [-0.25, -0.2) is 9.78 Å². The van der Waals surface area contributed by atoms with Crippen molar-refractivity contribution in [1.82, 2.24) is 15.2 Å². The maximum Gasteiger partial charge on any atom is 0.333 e. The van der Waals surface area contributed by atoms with Crippen molar-refractivity contribution >= 4 is 60.9 Å². The van der Waals surface area contributed by atoms with Gasteiger partial charge >= 0.3 is 5.97 Å². The summed E-state index contributed by atoms with van der Waals surface area (Å²) in [5.74, 6) is -0.532. The minimum absolute atomic E-state index is 0.0319. The molecule has 3 aromatic carbocycles. The van der Waals surface area contributed by atoms with Gasteiger partial charge in [-0.3, -0.25) is 9.59 Å². The Morgan fingerprint density at radius 1 is 1.05 bits per heavy atom. The molecule has 1 aromatic heterocycles. The van der Waals surface area contributed by atoms with Crippen LogP contribution in [0.15, 0.2) is 95.4 Å². The van der Waals surface area contributed by atoms with E-state index in [1.165, 1.54) is 26.5 Å². The first-order valence-corrected chi connectivity index (χ1v) is 16.2. The molecule has 2 heterocycles. The first-order valence-electron chi connectivity index (χ1n) is 13.1. The second-order valence-corrected chi connectivity index (χ2v) is 13.3. The van der Waals surface area contributed by atoms with Crippen LogP contribution in [0.4, 0.5) is 0 Å². The highest BCUT2D eigenvalue weighted by atomic mass is 33.1. The molecule has 0 saturated carbocycles. The number of fused-ring (bicyclic) bond motifs is 1. The number of para-hydroxylation sites is 1. The number of hydrogen-bond donors (Lipinski definition) is 1. The SMILES string of the molecule is C=C(C)C(C(=O)OCc1ccc(OC)cc1)N1C(=O)C(NC(=O)Cc2ccccc2)C1SSc1nc2ccccc2s1. The average Bonchev–Trinajstić information content (AvgIpc) is 3.42. The summed E-state index contributed by atoms with van der Waals surface area (Å²) in [6, 6.07) is 22.5. The van der Waals surface area contributed by atoms with Gasteiger partial charge in [0.15, 0.2) is 10.4 Å². The molecular formula is C31H29N3O5S3. The topological polar surface area (TPSA) is 97.8 Å². The average molecular weight is 620 g/mol. The van der Waals surface area contributed by atoms with Crippen molar-refractivity contribution in [3.8, 4) is 5.75 Å². The van der Waals surface area contributed by atoms with Crippen LogP contribution in [0.3, 0.4) is 0 Å². The van der Waals surface area contributed by atoms with Crippen LogP contribution in [0.1, 0.15) is 18.1 Å². The number of esters is 1. The van der Waals surface area contributed by atoms with E-state index < -0.39 is 23.4 Å². The van der Waals surface area contributed by atoms with E-state index in [1.807, 2.05) is 66.7 Å². The Morgan fingerprint density at radius 3 is 2.45 bits per heavy atom. The number of benzene rings is 3. The fourth-order valence-electron chi connectivity index (χ4n) is 4.49. The Morgan fingerprint density at radius 2 is 1.76 bits per heavy atom. The zero-order chi connectivity index (χ0) is 29.6. The highest BCUT2D eigenvalue weighted by Crippen LogP contribution is 2.45. The van der Waals surface area contributed by atoms with E-state index in [0.717, 1.165) is 25.7 Å². The lowest BCUT2D eigenvalue weighted by Gasteiger charge is -2.49. The third-order valence-electron chi connectivity index (χ3n) is 6.60. The summed E-state index contributed by atoms with van der Waals surface area (Å²) in [5, 5.41) is 2.33. The standard InChI is InChI=1S/C31H29N3O5S3/c1-19(2)27(30(37)39-18-21-13-15-22(38-3)16-14-21)34-28(36)26(33-25(35)17-20-9-5-4-6-10-20)29(34)41-42-31-32-23-11-7-8-12-24(23)40-31/h4-16,26-27,29H,1,17-18H2,2-3H3,(H,33,35). The van der Waals surface area contributed by atoms with Crippen molar-refractivity contribution in [2.24, 2.45) is 0 Å². The van der Waals surface area contributed by atoms with Crippen molar-refractivity contribution in [1.29, 1.82) is 0 Å². The van der Waals surface area contributed by atoms with Gasteiger partial charge in [-0.15, -0.1) is 11.3 Å². The van der Waals surface area contributed by atoms with Crippen LogP contribution in [-0.2, 0) is 32.1 Å². The number of rotatable bonds is 12. The van der Waals surface area contributed by atoms with Crippen LogP contribution in [0.2, 0.25) is 0 Å². The molecule has 0 radical (unpaired) electrons. The van der Waals surface area contributed by atoms with Crippen LogP contribution >= 0.6 is 32.9 Å². The molecule has 1 aliphatic rings. The summed E-state index contributed by atoms with van der Waals surface area (Å²) < 4.78 is 12.7. The fraction of sp³-hybridized carbons (Fsp3) is 0.226. The van der Waals surface area contributed by atoms with E-state index in [0.29, 0.717) is 11.3 Å². The third kappa shape index (κ3) is 6.80. The number of methoxy groups -OCH3 is 1. The lowest BCUT2D eigenvalue weighted by molar-refractivity contribution is -0.163. The third-order valence-corrected chi connectivity index (χ3v) is 10.6. The number of nitrogens with one attached hydrogen (secondary N) is 1. The van der Waals surface area contributed by atoms with Crippen LogP contribution in [0, 0.1) is 0 Å². The van der Waals surface area contributed by atoms with E-state index >= 15 is 0 Å². The Kier molecular flexibility index (Phi) is 9.51. The quantitative estimate of drug-likeness (QED) is 0.0944. The molecule has 0 aliphatic carbocycles. The molecule has 1 N–H and O–H groups in total. The number of carbonyl (C=O) groups excluding carboxylic acids is 3. The van der Waals surface area contributed by atoms with Gasteiger partial charge in [0.2, 0.25) is 11.8 Å². The molecule has 0 bridgehead atoms.